The number of nitrogens with one attached hydrogen (secondary N) is 1. The largest absolute Gasteiger partial charge is 0.466 e. The van der Waals surface area contributed by atoms with Gasteiger partial charge in [0.2, 0.25) is 0 Å². The van der Waals surface area contributed by atoms with Gasteiger partial charge in [-0.3, -0.25) is 0 Å². The van der Waals surface area contributed by atoms with Crippen LogP contribution in [0.3, 0.4) is 0 Å². The van der Waals surface area contributed by atoms with Crippen LogP contribution in [0.4, 0.5) is 0 Å². The van der Waals surface area contributed by atoms with Crippen molar-refractivity contribution in [3.05, 3.63) is 11.6 Å². The summed E-state index contributed by atoms with van der Waals surface area (Å²) < 4.78 is 4.72. The molecular weight excluding hydrogens is 226 g/mol. The molecule has 18 heavy (non-hydrogen) atoms. The maximum atomic E-state index is 11.3. The third kappa shape index (κ3) is 8.29. The molecule has 0 aromatic carbocycles. The van der Waals surface area contributed by atoms with E-state index in [0.717, 1.165) is 18.5 Å². The standard InChI is InChI=1S/C15H29NO2/c1-5-7-8-9-10-13(3)16-12-11-14(6-2)15(17)18-4/h11,13,16H,5-10,12H2,1-4H3/b14-11-. The smallest absolute Gasteiger partial charge is 0.333 e. The third-order valence-corrected chi connectivity index (χ3v) is 3.13. The molecule has 0 aromatic rings. The Balaban J connectivity index is 3.79. The number of hydrogen-bond donors (Lipinski definition) is 1. The second kappa shape index (κ2) is 11.3. The summed E-state index contributed by atoms with van der Waals surface area (Å²) in [6, 6.07) is 0.508. The van der Waals surface area contributed by atoms with Gasteiger partial charge in [0.25, 0.3) is 0 Å². The van der Waals surface area contributed by atoms with E-state index in [1.54, 1.807) is 0 Å². The molecule has 0 bridgehead atoms. The SMILES string of the molecule is CCCCCCC(C)NC/C=C(/CC)C(=O)OC. The van der Waals surface area contributed by atoms with Crippen molar-refractivity contribution in [1.82, 2.24) is 5.32 Å². The van der Waals surface area contributed by atoms with E-state index in [1.165, 1.54) is 39.2 Å². The van der Waals surface area contributed by atoms with E-state index in [2.05, 4.69) is 19.2 Å². The maximum absolute atomic E-state index is 11.3. The molecule has 0 amide bonds. The Kier molecular flexibility index (Phi) is 10.8. The highest BCUT2D eigenvalue weighted by Gasteiger charge is 2.06. The molecule has 0 saturated carbocycles. The Morgan fingerprint density at radius 3 is 2.56 bits per heavy atom. The van der Waals surface area contributed by atoms with Gasteiger partial charge in [-0.1, -0.05) is 45.6 Å². The molecule has 3 nitrogen and oxygen atoms in total. The van der Waals surface area contributed by atoms with Crippen molar-refractivity contribution in [2.45, 2.75) is 65.3 Å². The molecule has 3 heteroatoms. The van der Waals surface area contributed by atoms with Gasteiger partial charge in [0.15, 0.2) is 0 Å². The second-order valence-corrected chi connectivity index (χ2v) is 4.73. The number of esters is 1. The molecule has 0 saturated heterocycles. The van der Waals surface area contributed by atoms with Gasteiger partial charge in [0.05, 0.1) is 7.11 Å². The summed E-state index contributed by atoms with van der Waals surface area (Å²) in [7, 11) is 1.43. The van der Waals surface area contributed by atoms with Crippen LogP contribution in [0, 0.1) is 0 Å². The van der Waals surface area contributed by atoms with Crippen LogP contribution in [0.1, 0.15) is 59.3 Å². The van der Waals surface area contributed by atoms with E-state index in [0.29, 0.717) is 6.04 Å². The molecule has 0 radical (unpaired) electrons. The van der Waals surface area contributed by atoms with Crippen molar-refractivity contribution in [2.24, 2.45) is 0 Å². The van der Waals surface area contributed by atoms with Gasteiger partial charge in [-0.05, 0) is 19.8 Å². The monoisotopic (exact) mass is 255 g/mol. The predicted octanol–water partition coefficient (Wildman–Crippen LogP) is 3.44. The molecule has 0 aliphatic rings. The van der Waals surface area contributed by atoms with Crippen LogP contribution in [-0.4, -0.2) is 25.7 Å². The molecule has 0 fully saturated rings. The first kappa shape index (κ1) is 17.2. The van der Waals surface area contributed by atoms with Gasteiger partial charge in [-0.2, -0.15) is 0 Å². The fourth-order valence-electron chi connectivity index (χ4n) is 1.87. The second-order valence-electron chi connectivity index (χ2n) is 4.73. The predicted molar refractivity (Wildman–Crippen MR) is 76.6 cm³/mol. The lowest BCUT2D eigenvalue weighted by Gasteiger charge is -2.12. The number of rotatable bonds is 10. The normalized spacial score (nSPS) is 13.4. The van der Waals surface area contributed by atoms with Gasteiger partial charge in [-0.15, -0.1) is 0 Å². The van der Waals surface area contributed by atoms with E-state index in [4.69, 9.17) is 4.74 Å². The highest BCUT2D eigenvalue weighted by Crippen LogP contribution is 2.06. The molecule has 0 spiro atoms. The van der Waals surface area contributed by atoms with Crippen molar-refractivity contribution in [3.63, 3.8) is 0 Å². The number of unbranched alkanes of at least 4 members (excludes halogenated alkanes) is 3. The summed E-state index contributed by atoms with van der Waals surface area (Å²) in [6.07, 6.45) is 9.07. The molecule has 0 aromatic heterocycles. The van der Waals surface area contributed by atoms with Crippen LogP contribution in [0.25, 0.3) is 0 Å². The summed E-state index contributed by atoms with van der Waals surface area (Å²) >= 11 is 0. The fraction of sp³-hybridized carbons (Fsp3) is 0.800. The fourth-order valence-corrected chi connectivity index (χ4v) is 1.87. The van der Waals surface area contributed by atoms with E-state index >= 15 is 0 Å². The van der Waals surface area contributed by atoms with Gasteiger partial charge < -0.3 is 10.1 Å². The lowest BCUT2D eigenvalue weighted by Crippen LogP contribution is -2.26. The van der Waals surface area contributed by atoms with Gasteiger partial charge in [0.1, 0.15) is 0 Å². The first-order valence-electron chi connectivity index (χ1n) is 7.16. The Bertz CT molecular complexity index is 249. The zero-order valence-electron chi connectivity index (χ0n) is 12.4. The van der Waals surface area contributed by atoms with Crippen molar-refractivity contribution in [1.29, 1.82) is 0 Å². The zero-order valence-corrected chi connectivity index (χ0v) is 12.4. The molecular formula is C15H29NO2. The minimum Gasteiger partial charge on any atom is -0.466 e. The van der Waals surface area contributed by atoms with Crippen molar-refractivity contribution < 1.29 is 9.53 Å². The van der Waals surface area contributed by atoms with Gasteiger partial charge in [-0.25, -0.2) is 4.79 Å². The quantitative estimate of drug-likeness (QED) is 0.369. The van der Waals surface area contributed by atoms with Crippen molar-refractivity contribution in [2.75, 3.05) is 13.7 Å². The number of carbonyl (C=O) groups excluding carboxylic acids is 1. The number of methoxy groups -OCH3 is 1. The van der Waals surface area contributed by atoms with E-state index in [9.17, 15) is 4.79 Å². The molecule has 0 rings (SSSR count). The van der Waals surface area contributed by atoms with Crippen LogP contribution in [0.5, 0.6) is 0 Å². The number of ether oxygens (including phenoxy) is 1. The van der Waals surface area contributed by atoms with Crippen LogP contribution in [-0.2, 0) is 9.53 Å². The van der Waals surface area contributed by atoms with E-state index in [-0.39, 0.29) is 5.97 Å². The summed E-state index contributed by atoms with van der Waals surface area (Å²) in [5, 5.41) is 3.42. The first-order valence-corrected chi connectivity index (χ1v) is 7.16. The average Bonchev–Trinajstić information content (AvgIpc) is 2.39. The summed E-state index contributed by atoms with van der Waals surface area (Å²) in [5.41, 5.74) is 0.753. The van der Waals surface area contributed by atoms with E-state index < -0.39 is 0 Å². The summed E-state index contributed by atoms with van der Waals surface area (Å²) in [4.78, 5) is 11.3. The van der Waals surface area contributed by atoms with Gasteiger partial charge >= 0.3 is 5.97 Å². The highest BCUT2D eigenvalue weighted by atomic mass is 16.5. The Labute approximate surface area is 112 Å². The number of carbonyl (C=O) groups is 1. The molecule has 0 aliphatic heterocycles. The lowest BCUT2D eigenvalue weighted by atomic mass is 10.1. The average molecular weight is 255 g/mol. The molecule has 1 unspecified atom stereocenters. The zero-order chi connectivity index (χ0) is 13.8. The molecule has 106 valence electrons. The Morgan fingerprint density at radius 2 is 2.00 bits per heavy atom. The highest BCUT2D eigenvalue weighted by molar-refractivity contribution is 5.88. The Hall–Kier alpha value is -0.830. The van der Waals surface area contributed by atoms with Crippen LogP contribution < -0.4 is 5.32 Å². The first-order chi connectivity index (χ1) is 8.65. The van der Waals surface area contributed by atoms with Gasteiger partial charge in [0, 0.05) is 18.2 Å². The molecule has 1 atom stereocenters. The lowest BCUT2D eigenvalue weighted by molar-refractivity contribution is -0.136. The van der Waals surface area contributed by atoms with E-state index in [1.807, 2.05) is 13.0 Å². The minimum atomic E-state index is -0.213. The number of hydrogen-bond acceptors (Lipinski definition) is 3. The molecule has 1 N–H and O–H groups in total. The third-order valence-electron chi connectivity index (χ3n) is 3.13. The van der Waals surface area contributed by atoms with Crippen molar-refractivity contribution in [3.8, 4) is 0 Å². The Morgan fingerprint density at radius 1 is 1.28 bits per heavy atom. The minimum absolute atomic E-state index is 0.213. The van der Waals surface area contributed by atoms with Crippen LogP contribution >= 0.6 is 0 Å². The molecule has 0 aliphatic carbocycles. The van der Waals surface area contributed by atoms with Crippen molar-refractivity contribution >= 4 is 5.97 Å². The van der Waals surface area contributed by atoms with Crippen LogP contribution in [0.15, 0.2) is 11.6 Å². The van der Waals surface area contributed by atoms with Crippen LogP contribution in [0.2, 0.25) is 0 Å². The maximum Gasteiger partial charge on any atom is 0.333 e. The summed E-state index contributed by atoms with van der Waals surface area (Å²) in [5.74, 6) is -0.213. The summed E-state index contributed by atoms with van der Waals surface area (Å²) in [6.45, 7) is 7.14. The topological polar surface area (TPSA) is 38.3 Å². The molecule has 0 heterocycles.